The Labute approximate surface area is 102 Å². The van der Waals surface area contributed by atoms with E-state index in [4.69, 9.17) is 16.9 Å². The summed E-state index contributed by atoms with van der Waals surface area (Å²) in [7, 11) is 0. The lowest BCUT2D eigenvalue weighted by molar-refractivity contribution is -0.136. The van der Waals surface area contributed by atoms with Gasteiger partial charge in [0.1, 0.15) is 6.04 Å². The summed E-state index contributed by atoms with van der Waals surface area (Å²) in [5, 5.41) is 11.3. The van der Waals surface area contributed by atoms with E-state index in [2.05, 4.69) is 5.32 Å². The van der Waals surface area contributed by atoms with E-state index < -0.39 is 17.8 Å². The first-order valence-electron chi connectivity index (χ1n) is 4.91. The van der Waals surface area contributed by atoms with Gasteiger partial charge in [0, 0.05) is 10.7 Å². The fourth-order valence-corrected chi connectivity index (χ4v) is 1.46. The average Bonchev–Trinajstić information content (AvgIpc) is 2.26. The predicted octanol–water partition coefficient (Wildman–Crippen LogP) is 4.07. The van der Waals surface area contributed by atoms with E-state index in [1.807, 2.05) is 6.07 Å². The molecule has 0 saturated heterocycles. The Kier molecular flexibility index (Phi) is 4.24. The van der Waals surface area contributed by atoms with Crippen molar-refractivity contribution in [2.24, 2.45) is 0 Å². The lowest BCUT2D eigenvalue weighted by Gasteiger charge is -2.17. The molecule has 0 heterocycles. The van der Waals surface area contributed by atoms with E-state index in [9.17, 15) is 13.2 Å². The van der Waals surface area contributed by atoms with E-state index in [0.29, 0.717) is 6.42 Å². The number of hydrogen-bond acceptors (Lipinski definition) is 2. The predicted molar refractivity (Wildman–Crippen MR) is 59.8 cm³/mol. The summed E-state index contributed by atoms with van der Waals surface area (Å²) in [5.41, 5.74) is -0.992. The summed E-state index contributed by atoms with van der Waals surface area (Å²) in [6.07, 6.45) is -4.09. The highest BCUT2D eigenvalue weighted by Gasteiger charge is 2.34. The van der Waals surface area contributed by atoms with E-state index in [1.165, 1.54) is 12.1 Å². The van der Waals surface area contributed by atoms with Crippen molar-refractivity contribution in [3.63, 3.8) is 0 Å². The number of nitriles is 1. The summed E-state index contributed by atoms with van der Waals surface area (Å²) >= 11 is 5.53. The second kappa shape index (κ2) is 5.28. The van der Waals surface area contributed by atoms with Crippen molar-refractivity contribution in [1.29, 1.82) is 5.26 Å². The van der Waals surface area contributed by atoms with Crippen molar-refractivity contribution < 1.29 is 13.2 Å². The SMILES string of the molecule is CCC(C#N)Nc1ccc(Cl)cc1C(F)(F)F. The molecular weight excluding hydrogens is 253 g/mol. The van der Waals surface area contributed by atoms with Gasteiger partial charge in [0.05, 0.1) is 11.6 Å². The minimum absolute atomic E-state index is 0.00730. The Hall–Kier alpha value is -1.41. The van der Waals surface area contributed by atoms with Gasteiger partial charge in [-0.2, -0.15) is 18.4 Å². The zero-order chi connectivity index (χ0) is 13.1. The zero-order valence-corrected chi connectivity index (χ0v) is 9.73. The molecule has 0 aliphatic carbocycles. The Morgan fingerprint density at radius 3 is 2.59 bits per heavy atom. The van der Waals surface area contributed by atoms with Gasteiger partial charge in [-0.25, -0.2) is 0 Å². The van der Waals surface area contributed by atoms with Crippen molar-refractivity contribution in [2.45, 2.75) is 25.6 Å². The van der Waals surface area contributed by atoms with Crippen LogP contribution in [0.15, 0.2) is 18.2 Å². The van der Waals surface area contributed by atoms with Crippen LogP contribution in [0.4, 0.5) is 18.9 Å². The van der Waals surface area contributed by atoms with E-state index in [1.54, 1.807) is 6.92 Å². The summed E-state index contributed by atoms with van der Waals surface area (Å²) in [5.74, 6) is 0. The fraction of sp³-hybridized carbons (Fsp3) is 0.364. The summed E-state index contributed by atoms with van der Waals surface area (Å²) < 4.78 is 38.1. The Morgan fingerprint density at radius 2 is 2.12 bits per heavy atom. The third kappa shape index (κ3) is 3.53. The van der Waals surface area contributed by atoms with Gasteiger partial charge in [-0.15, -0.1) is 0 Å². The number of nitrogens with zero attached hydrogens (tertiary/aromatic N) is 1. The van der Waals surface area contributed by atoms with Crippen LogP contribution >= 0.6 is 11.6 Å². The molecule has 1 aromatic rings. The van der Waals surface area contributed by atoms with Crippen LogP contribution in [-0.2, 0) is 6.18 Å². The van der Waals surface area contributed by atoms with Gasteiger partial charge in [0.25, 0.3) is 0 Å². The van der Waals surface area contributed by atoms with E-state index >= 15 is 0 Å². The number of halogens is 4. The first-order valence-corrected chi connectivity index (χ1v) is 5.29. The zero-order valence-electron chi connectivity index (χ0n) is 8.98. The summed E-state index contributed by atoms with van der Waals surface area (Å²) in [4.78, 5) is 0. The minimum Gasteiger partial charge on any atom is -0.369 e. The standard InChI is InChI=1S/C11H10ClF3N2/c1-2-8(6-16)17-10-4-3-7(12)5-9(10)11(13,14)15/h3-5,8,17H,2H2,1H3. The van der Waals surface area contributed by atoms with Crippen LogP contribution in [0.1, 0.15) is 18.9 Å². The maximum atomic E-state index is 12.7. The molecule has 0 radical (unpaired) electrons. The maximum absolute atomic E-state index is 12.7. The highest BCUT2D eigenvalue weighted by atomic mass is 35.5. The molecule has 1 N–H and O–H groups in total. The topological polar surface area (TPSA) is 35.8 Å². The quantitative estimate of drug-likeness (QED) is 0.891. The molecule has 1 atom stereocenters. The first-order chi connectivity index (χ1) is 7.88. The van der Waals surface area contributed by atoms with E-state index in [-0.39, 0.29) is 10.7 Å². The molecule has 0 saturated carbocycles. The molecule has 92 valence electrons. The molecule has 0 spiro atoms. The first kappa shape index (κ1) is 13.7. The number of alkyl halides is 3. The van der Waals surface area contributed by atoms with Crippen LogP contribution < -0.4 is 5.32 Å². The number of anilines is 1. The molecule has 1 aromatic carbocycles. The van der Waals surface area contributed by atoms with Crippen LogP contribution in [0.3, 0.4) is 0 Å². The second-order valence-electron chi connectivity index (χ2n) is 3.42. The molecule has 6 heteroatoms. The van der Waals surface area contributed by atoms with Crippen LogP contribution in [0, 0.1) is 11.3 Å². The van der Waals surface area contributed by atoms with Crippen LogP contribution in [-0.4, -0.2) is 6.04 Å². The van der Waals surface area contributed by atoms with Crippen LogP contribution in [0.5, 0.6) is 0 Å². The average molecular weight is 263 g/mol. The molecule has 0 aliphatic heterocycles. The van der Waals surface area contributed by atoms with Gasteiger partial charge in [-0.05, 0) is 24.6 Å². The summed E-state index contributed by atoms with van der Waals surface area (Å²) in [6, 6.07) is 4.65. The number of nitrogens with one attached hydrogen (secondary N) is 1. The molecule has 0 aliphatic rings. The third-order valence-electron chi connectivity index (χ3n) is 2.18. The molecule has 2 nitrogen and oxygen atoms in total. The molecule has 1 rings (SSSR count). The molecule has 17 heavy (non-hydrogen) atoms. The Balaban J connectivity index is 3.12. The highest BCUT2D eigenvalue weighted by molar-refractivity contribution is 6.30. The minimum atomic E-state index is -4.50. The molecule has 1 unspecified atom stereocenters. The van der Waals surface area contributed by atoms with Gasteiger partial charge >= 0.3 is 6.18 Å². The third-order valence-corrected chi connectivity index (χ3v) is 2.42. The van der Waals surface area contributed by atoms with Crippen LogP contribution in [0.25, 0.3) is 0 Å². The largest absolute Gasteiger partial charge is 0.418 e. The van der Waals surface area contributed by atoms with Crippen molar-refractivity contribution in [1.82, 2.24) is 0 Å². The lowest BCUT2D eigenvalue weighted by atomic mass is 10.1. The van der Waals surface area contributed by atoms with Gasteiger partial charge in [0.15, 0.2) is 0 Å². The fourth-order valence-electron chi connectivity index (χ4n) is 1.29. The van der Waals surface area contributed by atoms with Gasteiger partial charge in [-0.3, -0.25) is 0 Å². The van der Waals surface area contributed by atoms with Crippen molar-refractivity contribution >= 4 is 17.3 Å². The Bertz CT molecular complexity index is 437. The second-order valence-corrected chi connectivity index (χ2v) is 3.86. The smallest absolute Gasteiger partial charge is 0.369 e. The van der Waals surface area contributed by atoms with Crippen molar-refractivity contribution in [2.75, 3.05) is 5.32 Å². The van der Waals surface area contributed by atoms with Gasteiger partial charge < -0.3 is 5.32 Å². The number of hydrogen-bond donors (Lipinski definition) is 1. The molecule has 0 fully saturated rings. The highest BCUT2D eigenvalue weighted by Crippen LogP contribution is 2.36. The van der Waals surface area contributed by atoms with Crippen molar-refractivity contribution in [3.05, 3.63) is 28.8 Å². The van der Waals surface area contributed by atoms with Gasteiger partial charge in [-0.1, -0.05) is 18.5 Å². The lowest BCUT2D eigenvalue weighted by Crippen LogP contribution is -2.19. The van der Waals surface area contributed by atoms with Crippen molar-refractivity contribution in [3.8, 4) is 6.07 Å². The monoisotopic (exact) mass is 262 g/mol. The maximum Gasteiger partial charge on any atom is 0.418 e. The molecule has 0 bridgehead atoms. The number of rotatable bonds is 3. The summed E-state index contributed by atoms with van der Waals surface area (Å²) in [6.45, 7) is 1.71. The van der Waals surface area contributed by atoms with E-state index in [0.717, 1.165) is 6.07 Å². The molecule has 0 amide bonds. The van der Waals surface area contributed by atoms with Gasteiger partial charge in [0.2, 0.25) is 0 Å². The van der Waals surface area contributed by atoms with Crippen LogP contribution in [0.2, 0.25) is 5.02 Å². The number of benzene rings is 1. The Morgan fingerprint density at radius 1 is 1.47 bits per heavy atom. The normalized spacial score (nSPS) is 12.9. The molecule has 0 aromatic heterocycles. The molecular formula is C11H10ClF3N2.